The predicted octanol–water partition coefficient (Wildman–Crippen LogP) is 2.44. The molecule has 96 valence electrons. The summed E-state index contributed by atoms with van der Waals surface area (Å²) in [7, 11) is 3.71. The number of anilines is 2. The highest BCUT2D eigenvalue weighted by atomic mass is 35.5. The highest BCUT2D eigenvalue weighted by Crippen LogP contribution is 2.26. The summed E-state index contributed by atoms with van der Waals surface area (Å²) < 4.78 is 0. The summed E-state index contributed by atoms with van der Waals surface area (Å²) in [6, 6.07) is 0.283. The average Bonchev–Trinajstić information content (AvgIpc) is 2.24. The molecule has 0 amide bonds. The molecule has 0 aromatic carbocycles. The van der Waals surface area contributed by atoms with Crippen molar-refractivity contribution in [2.45, 2.75) is 33.7 Å². The van der Waals surface area contributed by atoms with Gasteiger partial charge in [0, 0.05) is 20.1 Å². The van der Waals surface area contributed by atoms with Crippen molar-refractivity contribution in [1.29, 1.82) is 0 Å². The zero-order valence-corrected chi connectivity index (χ0v) is 12.0. The van der Waals surface area contributed by atoms with E-state index in [4.69, 9.17) is 11.6 Å². The molecule has 1 heterocycles. The molecule has 0 saturated heterocycles. The molecule has 6 heteroatoms. The molecule has 0 saturated carbocycles. The van der Waals surface area contributed by atoms with Crippen LogP contribution in [-0.4, -0.2) is 35.1 Å². The van der Waals surface area contributed by atoms with E-state index >= 15 is 0 Å². The van der Waals surface area contributed by atoms with Crippen molar-refractivity contribution in [3.8, 4) is 0 Å². The molecule has 1 aromatic heterocycles. The number of hydrogen-bond donors (Lipinski definition) is 1. The van der Waals surface area contributed by atoms with E-state index < -0.39 is 0 Å². The summed E-state index contributed by atoms with van der Waals surface area (Å²) in [5.74, 6) is 1.06. The first-order valence-electron chi connectivity index (χ1n) is 5.58. The zero-order valence-electron chi connectivity index (χ0n) is 11.2. The second kappa shape index (κ2) is 5.04. The van der Waals surface area contributed by atoms with Crippen LogP contribution in [-0.2, 0) is 0 Å². The fraction of sp³-hybridized carbons (Fsp3) is 0.727. The Kier molecular flexibility index (Phi) is 4.14. The first kappa shape index (κ1) is 14.0. The quantitative estimate of drug-likeness (QED) is 0.901. The highest BCUT2D eigenvalue weighted by Gasteiger charge is 2.26. The second-order valence-corrected chi connectivity index (χ2v) is 5.47. The number of nitrogens with one attached hydrogen (secondary N) is 1. The topological polar surface area (TPSA) is 53.9 Å². The molecule has 1 rings (SSSR count). The van der Waals surface area contributed by atoms with Crippen LogP contribution in [0.3, 0.4) is 0 Å². The van der Waals surface area contributed by atoms with Gasteiger partial charge in [-0.25, -0.2) is 0 Å². The molecule has 1 N–H and O–H groups in total. The molecule has 0 bridgehead atoms. The van der Waals surface area contributed by atoms with E-state index in [1.54, 1.807) is 7.05 Å². The van der Waals surface area contributed by atoms with Gasteiger partial charge in [0.1, 0.15) is 0 Å². The fourth-order valence-electron chi connectivity index (χ4n) is 1.36. The van der Waals surface area contributed by atoms with E-state index in [0.717, 1.165) is 0 Å². The van der Waals surface area contributed by atoms with Gasteiger partial charge in [0.15, 0.2) is 0 Å². The lowest BCUT2D eigenvalue weighted by Gasteiger charge is -2.35. The Bertz CT molecular complexity index is 388. The van der Waals surface area contributed by atoms with Crippen LogP contribution in [0.5, 0.6) is 0 Å². The minimum atomic E-state index is 0.133. The Morgan fingerprint density at radius 1 is 1.24 bits per heavy atom. The molecule has 0 aliphatic heterocycles. The molecule has 0 aliphatic rings. The van der Waals surface area contributed by atoms with Gasteiger partial charge in [-0.15, -0.1) is 0 Å². The van der Waals surface area contributed by atoms with Crippen molar-refractivity contribution in [2.24, 2.45) is 5.41 Å². The first-order valence-corrected chi connectivity index (χ1v) is 5.95. The lowest BCUT2D eigenvalue weighted by molar-refractivity contribution is 0.327. The number of aromatic nitrogens is 3. The number of nitrogens with zero attached hydrogens (tertiary/aromatic N) is 4. The van der Waals surface area contributed by atoms with Crippen LogP contribution in [0, 0.1) is 5.41 Å². The number of rotatable bonds is 3. The summed E-state index contributed by atoms with van der Waals surface area (Å²) in [5.41, 5.74) is 0.133. The third-order valence-corrected chi connectivity index (χ3v) is 3.14. The van der Waals surface area contributed by atoms with Crippen LogP contribution < -0.4 is 10.2 Å². The Morgan fingerprint density at radius 2 is 1.82 bits per heavy atom. The molecular weight excluding hydrogens is 238 g/mol. The monoisotopic (exact) mass is 257 g/mol. The normalized spacial score (nSPS) is 13.4. The Morgan fingerprint density at radius 3 is 2.29 bits per heavy atom. The molecule has 17 heavy (non-hydrogen) atoms. The van der Waals surface area contributed by atoms with E-state index in [1.807, 2.05) is 11.9 Å². The third kappa shape index (κ3) is 3.43. The maximum absolute atomic E-state index is 5.86. The average molecular weight is 258 g/mol. The van der Waals surface area contributed by atoms with Crippen LogP contribution in [0.2, 0.25) is 5.28 Å². The van der Waals surface area contributed by atoms with Crippen LogP contribution in [0.1, 0.15) is 27.7 Å². The lowest BCUT2D eigenvalue weighted by Crippen LogP contribution is -2.40. The van der Waals surface area contributed by atoms with E-state index in [9.17, 15) is 0 Å². The van der Waals surface area contributed by atoms with Crippen molar-refractivity contribution in [3.05, 3.63) is 5.28 Å². The van der Waals surface area contributed by atoms with Crippen molar-refractivity contribution in [2.75, 3.05) is 24.3 Å². The minimum absolute atomic E-state index is 0.133. The molecule has 1 atom stereocenters. The molecule has 0 fully saturated rings. The van der Waals surface area contributed by atoms with Gasteiger partial charge in [-0.3, -0.25) is 0 Å². The maximum Gasteiger partial charge on any atom is 0.231 e. The van der Waals surface area contributed by atoms with Crippen molar-refractivity contribution < 1.29 is 0 Å². The Balaban J connectivity index is 3.03. The standard InChI is InChI=1S/C11H20ClN5/c1-7(11(2,3)4)17(6)10-15-8(12)14-9(13-5)16-10/h7H,1-6H3,(H,13,14,15,16). The van der Waals surface area contributed by atoms with E-state index in [-0.39, 0.29) is 16.7 Å². The third-order valence-electron chi connectivity index (χ3n) is 2.97. The lowest BCUT2D eigenvalue weighted by atomic mass is 9.87. The zero-order chi connectivity index (χ0) is 13.2. The molecule has 5 nitrogen and oxygen atoms in total. The summed E-state index contributed by atoms with van der Waals surface area (Å²) in [6.45, 7) is 8.67. The first-order chi connectivity index (χ1) is 7.75. The van der Waals surface area contributed by atoms with E-state index in [2.05, 4.69) is 48.0 Å². The van der Waals surface area contributed by atoms with Gasteiger partial charge in [0.05, 0.1) is 0 Å². The predicted molar refractivity (Wildman–Crippen MR) is 71.7 cm³/mol. The van der Waals surface area contributed by atoms with Gasteiger partial charge in [-0.2, -0.15) is 15.0 Å². The van der Waals surface area contributed by atoms with Gasteiger partial charge in [-0.05, 0) is 23.9 Å². The van der Waals surface area contributed by atoms with Crippen LogP contribution >= 0.6 is 11.6 Å². The molecule has 1 aromatic rings. The molecule has 0 radical (unpaired) electrons. The Hall–Kier alpha value is -1.10. The maximum atomic E-state index is 5.86. The smallest absolute Gasteiger partial charge is 0.231 e. The SMILES string of the molecule is CNc1nc(Cl)nc(N(C)C(C)C(C)(C)C)n1. The van der Waals surface area contributed by atoms with Gasteiger partial charge in [-0.1, -0.05) is 20.8 Å². The van der Waals surface area contributed by atoms with E-state index in [0.29, 0.717) is 11.9 Å². The summed E-state index contributed by atoms with van der Waals surface area (Å²) in [4.78, 5) is 14.4. The van der Waals surface area contributed by atoms with Gasteiger partial charge < -0.3 is 10.2 Å². The van der Waals surface area contributed by atoms with Crippen molar-refractivity contribution in [1.82, 2.24) is 15.0 Å². The minimum Gasteiger partial charge on any atom is -0.357 e. The molecular formula is C11H20ClN5. The van der Waals surface area contributed by atoms with E-state index in [1.165, 1.54) is 0 Å². The highest BCUT2D eigenvalue weighted by molar-refractivity contribution is 6.28. The Labute approximate surface area is 108 Å². The molecule has 0 spiro atoms. The van der Waals surface area contributed by atoms with Crippen LogP contribution in [0.15, 0.2) is 0 Å². The molecule has 1 unspecified atom stereocenters. The van der Waals surface area contributed by atoms with Crippen LogP contribution in [0.4, 0.5) is 11.9 Å². The molecule has 0 aliphatic carbocycles. The van der Waals surface area contributed by atoms with Crippen molar-refractivity contribution in [3.63, 3.8) is 0 Å². The largest absolute Gasteiger partial charge is 0.357 e. The summed E-state index contributed by atoms with van der Waals surface area (Å²) in [6.07, 6.45) is 0. The van der Waals surface area contributed by atoms with Gasteiger partial charge >= 0.3 is 0 Å². The number of halogens is 1. The van der Waals surface area contributed by atoms with Crippen molar-refractivity contribution >= 4 is 23.5 Å². The van der Waals surface area contributed by atoms with Gasteiger partial charge in [0.2, 0.25) is 17.2 Å². The van der Waals surface area contributed by atoms with Crippen LogP contribution in [0.25, 0.3) is 0 Å². The summed E-state index contributed by atoms with van der Waals surface area (Å²) in [5, 5.41) is 3.07. The van der Waals surface area contributed by atoms with Gasteiger partial charge in [0.25, 0.3) is 0 Å². The summed E-state index contributed by atoms with van der Waals surface area (Å²) >= 11 is 5.86. The number of hydrogen-bond acceptors (Lipinski definition) is 5. The second-order valence-electron chi connectivity index (χ2n) is 5.13. The fourth-order valence-corrected chi connectivity index (χ4v) is 1.52.